The second kappa shape index (κ2) is 5.05. The van der Waals surface area contributed by atoms with Gasteiger partial charge in [0.15, 0.2) is 0 Å². The molecule has 0 bridgehead atoms. The Balaban J connectivity index is 1.89. The molecule has 0 saturated heterocycles. The smallest absolute Gasteiger partial charge is 0.0463 e. The van der Waals surface area contributed by atoms with E-state index in [4.69, 9.17) is 4.98 Å². The quantitative estimate of drug-likeness (QED) is 0.732. The third kappa shape index (κ3) is 2.37. The van der Waals surface area contributed by atoms with Crippen molar-refractivity contribution < 1.29 is 0 Å². The molecule has 104 valence electrons. The molecule has 1 heteroatoms. The third-order valence-corrected chi connectivity index (χ3v) is 4.73. The van der Waals surface area contributed by atoms with Gasteiger partial charge in [0.1, 0.15) is 0 Å². The molecule has 1 aliphatic rings. The average Bonchev–Trinajstić information content (AvgIpc) is 2.45. The standard InChI is InChI=1S/C19H23N/c1-14(2)15-6-4-7-16(12-15)17-8-9-18(20-13-17)19(3)10-5-11-19/h4,6-9,12-14H,5,10-11H2,1-3H3. The molecule has 1 fully saturated rings. The van der Waals surface area contributed by atoms with Crippen LogP contribution in [-0.4, -0.2) is 4.98 Å². The van der Waals surface area contributed by atoms with Crippen molar-refractivity contribution in [3.63, 3.8) is 0 Å². The zero-order chi connectivity index (χ0) is 14.2. The Morgan fingerprint density at radius 3 is 2.40 bits per heavy atom. The van der Waals surface area contributed by atoms with Crippen molar-refractivity contribution in [3.05, 3.63) is 53.9 Å². The van der Waals surface area contributed by atoms with Gasteiger partial charge in [0.25, 0.3) is 0 Å². The van der Waals surface area contributed by atoms with E-state index in [1.165, 1.54) is 41.6 Å². The van der Waals surface area contributed by atoms with Crippen LogP contribution in [0.5, 0.6) is 0 Å². The number of hydrogen-bond acceptors (Lipinski definition) is 1. The maximum atomic E-state index is 4.72. The molecule has 3 rings (SSSR count). The number of aromatic nitrogens is 1. The van der Waals surface area contributed by atoms with E-state index in [0.29, 0.717) is 11.3 Å². The van der Waals surface area contributed by atoms with Gasteiger partial charge in [0, 0.05) is 22.9 Å². The summed E-state index contributed by atoms with van der Waals surface area (Å²) in [5.74, 6) is 0.566. The normalized spacial score (nSPS) is 17.0. The average molecular weight is 265 g/mol. The van der Waals surface area contributed by atoms with Crippen LogP contribution in [0.25, 0.3) is 11.1 Å². The van der Waals surface area contributed by atoms with Crippen molar-refractivity contribution in [3.8, 4) is 11.1 Å². The lowest BCUT2D eigenvalue weighted by Crippen LogP contribution is -2.31. The van der Waals surface area contributed by atoms with E-state index >= 15 is 0 Å². The molecule has 1 aliphatic carbocycles. The SMILES string of the molecule is CC(C)c1cccc(-c2ccc(C3(C)CCC3)nc2)c1. The Labute approximate surface area is 122 Å². The number of benzene rings is 1. The zero-order valence-electron chi connectivity index (χ0n) is 12.7. The fourth-order valence-corrected chi connectivity index (χ4v) is 2.96. The largest absolute Gasteiger partial charge is 0.260 e. The molecule has 1 aromatic carbocycles. The zero-order valence-corrected chi connectivity index (χ0v) is 12.7. The first kappa shape index (κ1) is 13.4. The van der Waals surface area contributed by atoms with Crippen molar-refractivity contribution in [2.75, 3.05) is 0 Å². The first-order valence-corrected chi connectivity index (χ1v) is 7.65. The van der Waals surface area contributed by atoms with Crippen LogP contribution in [0.15, 0.2) is 42.6 Å². The minimum absolute atomic E-state index is 0.332. The van der Waals surface area contributed by atoms with Crippen molar-refractivity contribution in [2.24, 2.45) is 0 Å². The molecule has 2 aromatic rings. The highest BCUT2D eigenvalue weighted by atomic mass is 14.7. The molecule has 0 N–H and O–H groups in total. The van der Waals surface area contributed by atoms with Crippen LogP contribution >= 0.6 is 0 Å². The fourth-order valence-electron chi connectivity index (χ4n) is 2.96. The predicted octanol–water partition coefficient (Wildman–Crippen LogP) is 5.31. The van der Waals surface area contributed by atoms with Gasteiger partial charge in [-0.25, -0.2) is 0 Å². The predicted molar refractivity (Wildman–Crippen MR) is 85.0 cm³/mol. The van der Waals surface area contributed by atoms with Gasteiger partial charge in [-0.05, 0) is 36.0 Å². The monoisotopic (exact) mass is 265 g/mol. The van der Waals surface area contributed by atoms with Gasteiger partial charge in [0.05, 0.1) is 0 Å². The van der Waals surface area contributed by atoms with Crippen molar-refractivity contribution in [1.29, 1.82) is 0 Å². The number of rotatable bonds is 3. The molecule has 20 heavy (non-hydrogen) atoms. The van der Waals surface area contributed by atoms with Gasteiger partial charge >= 0.3 is 0 Å². The molecular formula is C19H23N. The summed E-state index contributed by atoms with van der Waals surface area (Å²) < 4.78 is 0. The molecule has 0 aliphatic heterocycles. The van der Waals surface area contributed by atoms with Crippen molar-refractivity contribution >= 4 is 0 Å². The van der Waals surface area contributed by atoms with E-state index in [0.717, 1.165) is 0 Å². The van der Waals surface area contributed by atoms with E-state index in [1.54, 1.807) is 0 Å². The lowest BCUT2D eigenvalue weighted by molar-refractivity contribution is 0.264. The molecule has 0 amide bonds. The van der Waals surface area contributed by atoms with Crippen LogP contribution < -0.4 is 0 Å². The summed E-state index contributed by atoms with van der Waals surface area (Å²) in [6.07, 6.45) is 5.94. The molecule has 0 atom stereocenters. The fraction of sp³-hybridized carbons (Fsp3) is 0.421. The summed E-state index contributed by atoms with van der Waals surface area (Å²) in [6.45, 7) is 6.80. The Morgan fingerprint density at radius 2 is 1.85 bits per heavy atom. The molecule has 0 unspecified atom stereocenters. The highest BCUT2D eigenvalue weighted by molar-refractivity contribution is 5.63. The van der Waals surface area contributed by atoms with Crippen molar-refractivity contribution in [1.82, 2.24) is 4.98 Å². The Hall–Kier alpha value is -1.63. The first-order chi connectivity index (χ1) is 9.58. The van der Waals surface area contributed by atoms with E-state index in [2.05, 4.69) is 57.2 Å². The maximum absolute atomic E-state index is 4.72. The van der Waals surface area contributed by atoms with E-state index in [-0.39, 0.29) is 0 Å². The number of hydrogen-bond donors (Lipinski definition) is 0. The van der Waals surface area contributed by atoms with Gasteiger partial charge < -0.3 is 0 Å². The molecule has 0 radical (unpaired) electrons. The minimum Gasteiger partial charge on any atom is -0.260 e. The van der Waals surface area contributed by atoms with Crippen LogP contribution in [0.1, 0.15) is 57.2 Å². The van der Waals surface area contributed by atoms with Crippen LogP contribution in [-0.2, 0) is 5.41 Å². The van der Waals surface area contributed by atoms with Crippen LogP contribution in [0, 0.1) is 0 Å². The molecule has 1 heterocycles. The van der Waals surface area contributed by atoms with Gasteiger partial charge in [0.2, 0.25) is 0 Å². The second-order valence-corrected chi connectivity index (χ2v) is 6.63. The maximum Gasteiger partial charge on any atom is 0.0463 e. The van der Waals surface area contributed by atoms with Crippen molar-refractivity contribution in [2.45, 2.75) is 51.4 Å². The highest BCUT2D eigenvalue weighted by Crippen LogP contribution is 2.42. The Morgan fingerprint density at radius 1 is 1.05 bits per heavy atom. The summed E-state index contributed by atoms with van der Waals surface area (Å²) in [4.78, 5) is 4.72. The number of nitrogens with zero attached hydrogens (tertiary/aromatic N) is 1. The van der Waals surface area contributed by atoms with E-state index in [9.17, 15) is 0 Å². The van der Waals surface area contributed by atoms with E-state index < -0.39 is 0 Å². The summed E-state index contributed by atoms with van der Waals surface area (Å²) in [6, 6.07) is 13.2. The summed E-state index contributed by atoms with van der Waals surface area (Å²) in [7, 11) is 0. The number of pyridine rings is 1. The topological polar surface area (TPSA) is 12.9 Å². The summed E-state index contributed by atoms with van der Waals surface area (Å²) in [5.41, 5.74) is 5.47. The minimum atomic E-state index is 0.332. The Bertz CT molecular complexity index is 591. The van der Waals surface area contributed by atoms with Crippen LogP contribution in [0.2, 0.25) is 0 Å². The van der Waals surface area contributed by atoms with Crippen LogP contribution in [0.3, 0.4) is 0 Å². The van der Waals surface area contributed by atoms with Gasteiger partial charge in [-0.1, -0.05) is 57.5 Å². The summed E-state index contributed by atoms with van der Waals surface area (Å²) >= 11 is 0. The Kier molecular flexibility index (Phi) is 3.37. The van der Waals surface area contributed by atoms with Gasteiger partial charge in [-0.2, -0.15) is 0 Å². The van der Waals surface area contributed by atoms with Gasteiger partial charge in [-0.15, -0.1) is 0 Å². The van der Waals surface area contributed by atoms with E-state index in [1.807, 2.05) is 6.20 Å². The molecule has 0 spiro atoms. The molecular weight excluding hydrogens is 242 g/mol. The third-order valence-electron chi connectivity index (χ3n) is 4.73. The second-order valence-electron chi connectivity index (χ2n) is 6.63. The lowest BCUT2D eigenvalue weighted by Gasteiger charge is -2.37. The van der Waals surface area contributed by atoms with Gasteiger partial charge in [-0.3, -0.25) is 4.98 Å². The molecule has 1 nitrogen and oxygen atoms in total. The lowest BCUT2D eigenvalue weighted by atomic mass is 9.68. The first-order valence-electron chi connectivity index (χ1n) is 7.65. The van der Waals surface area contributed by atoms with Crippen LogP contribution in [0.4, 0.5) is 0 Å². The summed E-state index contributed by atoms with van der Waals surface area (Å²) in [5, 5.41) is 0. The molecule has 1 saturated carbocycles. The highest BCUT2D eigenvalue weighted by Gasteiger charge is 2.34. The molecule has 1 aromatic heterocycles.